The Labute approximate surface area is 48.4 Å². The zero-order valence-corrected chi connectivity index (χ0v) is 4.55. The average Bonchev–Trinajstić information content (AvgIpc) is 2.38. The molecule has 2 nitrogen and oxygen atoms in total. The van der Waals surface area contributed by atoms with E-state index < -0.39 is 0 Å². The molecular formula is C6H7NO. The summed E-state index contributed by atoms with van der Waals surface area (Å²) in [6.07, 6.45) is 5.19. The van der Waals surface area contributed by atoms with E-state index in [1.54, 1.807) is 0 Å². The van der Waals surface area contributed by atoms with E-state index >= 15 is 0 Å². The molecule has 0 saturated carbocycles. The normalized spacial score (nSPS) is 50.1. The lowest BCUT2D eigenvalue weighted by molar-refractivity contribution is 0.108. The zero-order chi connectivity index (χ0) is 5.61. The van der Waals surface area contributed by atoms with Gasteiger partial charge in [0.2, 0.25) is 0 Å². The van der Waals surface area contributed by atoms with E-state index in [0.29, 0.717) is 0 Å². The van der Waals surface area contributed by atoms with Gasteiger partial charge in [-0.05, 0) is 0 Å². The van der Waals surface area contributed by atoms with Crippen LogP contribution < -0.4 is 0 Å². The Balaban J connectivity index is 2.22. The second-order valence-corrected chi connectivity index (χ2v) is 2.20. The van der Waals surface area contributed by atoms with Gasteiger partial charge in [-0.2, -0.15) is 0 Å². The predicted molar refractivity (Wildman–Crippen MR) is 29.1 cm³/mol. The maximum atomic E-state index is 5.25. The van der Waals surface area contributed by atoms with Crippen molar-refractivity contribution in [3.8, 4) is 12.3 Å². The number of fused-ring (bicyclic) bond motifs is 1. The Morgan fingerprint density at radius 1 is 1.75 bits per heavy atom. The summed E-state index contributed by atoms with van der Waals surface area (Å²) in [5.41, 5.74) is -0.236. The molecule has 2 aliphatic heterocycles. The molecule has 0 aromatic rings. The van der Waals surface area contributed by atoms with Crippen molar-refractivity contribution in [2.45, 2.75) is 5.72 Å². The molecule has 0 aromatic carbocycles. The second-order valence-electron chi connectivity index (χ2n) is 2.20. The van der Waals surface area contributed by atoms with E-state index in [9.17, 15) is 0 Å². The van der Waals surface area contributed by atoms with Crippen molar-refractivity contribution in [2.24, 2.45) is 0 Å². The van der Waals surface area contributed by atoms with Crippen molar-refractivity contribution in [1.82, 2.24) is 4.90 Å². The number of rotatable bonds is 0. The fraction of sp³-hybridized carbons (Fsp3) is 0.667. The Morgan fingerprint density at radius 2 is 2.62 bits per heavy atom. The number of morpholine rings is 1. The molecule has 2 saturated heterocycles. The number of ether oxygens (including phenoxy) is 1. The van der Waals surface area contributed by atoms with E-state index in [4.69, 9.17) is 11.2 Å². The van der Waals surface area contributed by atoms with Crippen LogP contribution >= 0.6 is 0 Å². The Bertz CT molecular complexity index is 160. The van der Waals surface area contributed by atoms with Crippen LogP contribution in [0.2, 0.25) is 0 Å². The summed E-state index contributed by atoms with van der Waals surface area (Å²) in [4.78, 5) is 2.15. The van der Waals surface area contributed by atoms with Crippen LogP contribution in [0.25, 0.3) is 0 Å². The zero-order valence-electron chi connectivity index (χ0n) is 4.55. The van der Waals surface area contributed by atoms with Crippen LogP contribution in [0.15, 0.2) is 0 Å². The molecule has 0 bridgehead atoms. The summed E-state index contributed by atoms with van der Waals surface area (Å²) in [7, 11) is 0. The van der Waals surface area contributed by atoms with Crippen molar-refractivity contribution in [2.75, 3.05) is 19.7 Å². The molecule has 2 heterocycles. The summed E-state index contributed by atoms with van der Waals surface area (Å²) < 4.78 is 5.25. The molecule has 42 valence electrons. The van der Waals surface area contributed by atoms with Crippen LogP contribution in [0.1, 0.15) is 0 Å². The largest absolute Gasteiger partial charge is 0.347 e. The first-order valence-corrected chi connectivity index (χ1v) is 2.74. The third-order valence-corrected chi connectivity index (χ3v) is 1.74. The highest BCUT2D eigenvalue weighted by Gasteiger charge is 2.55. The topological polar surface area (TPSA) is 12.2 Å². The van der Waals surface area contributed by atoms with E-state index in [0.717, 1.165) is 19.7 Å². The third kappa shape index (κ3) is 0.322. The van der Waals surface area contributed by atoms with Crippen LogP contribution in [-0.2, 0) is 4.74 Å². The smallest absolute Gasteiger partial charge is 0.197 e. The number of terminal acetylenes is 1. The molecule has 0 spiro atoms. The van der Waals surface area contributed by atoms with Crippen LogP contribution in [-0.4, -0.2) is 30.3 Å². The number of nitrogens with zero attached hydrogens (tertiary/aromatic N) is 1. The second kappa shape index (κ2) is 1.07. The van der Waals surface area contributed by atoms with Gasteiger partial charge in [0, 0.05) is 6.54 Å². The van der Waals surface area contributed by atoms with Crippen molar-refractivity contribution in [3.63, 3.8) is 0 Å². The molecule has 0 aromatic heterocycles. The molecule has 2 heteroatoms. The highest BCUT2D eigenvalue weighted by Crippen LogP contribution is 2.36. The van der Waals surface area contributed by atoms with Crippen molar-refractivity contribution >= 4 is 0 Å². The maximum absolute atomic E-state index is 5.25. The molecule has 2 atom stereocenters. The summed E-state index contributed by atoms with van der Waals surface area (Å²) in [5, 5.41) is 0. The van der Waals surface area contributed by atoms with Crippen LogP contribution in [0.4, 0.5) is 0 Å². The molecule has 2 unspecified atom stereocenters. The van der Waals surface area contributed by atoms with Crippen LogP contribution in [0.3, 0.4) is 0 Å². The lowest BCUT2D eigenvalue weighted by Gasteiger charge is -1.97. The Hall–Kier alpha value is -0.520. The predicted octanol–water partition coefficient (Wildman–Crippen LogP) is -0.338. The molecule has 2 aliphatic rings. The molecule has 8 heavy (non-hydrogen) atoms. The van der Waals surface area contributed by atoms with Gasteiger partial charge in [0.25, 0.3) is 0 Å². The summed E-state index contributed by atoms with van der Waals surface area (Å²) in [6, 6.07) is 0. The van der Waals surface area contributed by atoms with E-state index in [1.807, 2.05) is 0 Å². The number of hydrogen-bond acceptors (Lipinski definition) is 2. The van der Waals surface area contributed by atoms with Gasteiger partial charge in [-0.1, -0.05) is 5.92 Å². The minimum atomic E-state index is -0.236. The van der Waals surface area contributed by atoms with E-state index in [-0.39, 0.29) is 5.72 Å². The van der Waals surface area contributed by atoms with Crippen molar-refractivity contribution < 1.29 is 4.74 Å². The van der Waals surface area contributed by atoms with Gasteiger partial charge in [-0.3, -0.25) is 4.90 Å². The lowest BCUT2D eigenvalue weighted by atomic mass is 10.4. The molecule has 0 N–H and O–H groups in total. The quantitative estimate of drug-likeness (QED) is 0.311. The Morgan fingerprint density at radius 3 is 2.88 bits per heavy atom. The Kier molecular flexibility index (Phi) is 0.585. The summed E-state index contributed by atoms with van der Waals surface area (Å²) in [6.45, 7) is 2.78. The van der Waals surface area contributed by atoms with Gasteiger partial charge < -0.3 is 4.74 Å². The lowest BCUT2D eigenvalue weighted by Crippen LogP contribution is -2.09. The van der Waals surface area contributed by atoms with Gasteiger partial charge in [0.15, 0.2) is 5.72 Å². The van der Waals surface area contributed by atoms with E-state index in [2.05, 4.69) is 10.8 Å². The minimum Gasteiger partial charge on any atom is -0.347 e. The van der Waals surface area contributed by atoms with Crippen LogP contribution in [0.5, 0.6) is 0 Å². The average molecular weight is 109 g/mol. The molecule has 0 amide bonds. The SMILES string of the molecule is C#CC12CN1CCO2. The highest BCUT2D eigenvalue weighted by molar-refractivity contribution is 5.21. The molecule has 0 radical (unpaired) electrons. The fourth-order valence-corrected chi connectivity index (χ4v) is 1.12. The summed E-state index contributed by atoms with van der Waals surface area (Å²) >= 11 is 0. The van der Waals surface area contributed by atoms with Gasteiger partial charge in [-0.25, -0.2) is 0 Å². The van der Waals surface area contributed by atoms with Crippen molar-refractivity contribution in [1.29, 1.82) is 0 Å². The van der Waals surface area contributed by atoms with Crippen molar-refractivity contribution in [3.05, 3.63) is 0 Å². The fourth-order valence-electron chi connectivity index (χ4n) is 1.12. The highest BCUT2D eigenvalue weighted by atomic mass is 16.5. The molecule has 0 aliphatic carbocycles. The number of hydrogen-bond donors (Lipinski definition) is 0. The first kappa shape index (κ1) is 4.37. The minimum absolute atomic E-state index is 0.236. The van der Waals surface area contributed by atoms with Gasteiger partial charge in [-0.15, -0.1) is 6.42 Å². The van der Waals surface area contributed by atoms with Crippen LogP contribution in [0, 0.1) is 12.3 Å². The van der Waals surface area contributed by atoms with Gasteiger partial charge >= 0.3 is 0 Å². The van der Waals surface area contributed by atoms with E-state index in [1.165, 1.54) is 0 Å². The third-order valence-electron chi connectivity index (χ3n) is 1.74. The molecule has 2 fully saturated rings. The maximum Gasteiger partial charge on any atom is 0.197 e. The molecular weight excluding hydrogens is 102 g/mol. The monoisotopic (exact) mass is 109 g/mol. The first-order chi connectivity index (χ1) is 3.87. The van der Waals surface area contributed by atoms with Gasteiger partial charge in [0.05, 0.1) is 13.2 Å². The molecule has 2 rings (SSSR count). The summed E-state index contributed by atoms with van der Waals surface area (Å²) in [5.74, 6) is 2.62. The first-order valence-electron chi connectivity index (χ1n) is 2.74. The van der Waals surface area contributed by atoms with Gasteiger partial charge in [0.1, 0.15) is 0 Å². The standard InChI is InChI=1S/C6H7NO/c1-2-6-5-7(6)3-4-8-6/h1H,3-5H2.